The van der Waals surface area contributed by atoms with Crippen molar-refractivity contribution in [1.82, 2.24) is 14.7 Å². The summed E-state index contributed by atoms with van der Waals surface area (Å²) in [6.45, 7) is 7.14. The van der Waals surface area contributed by atoms with Gasteiger partial charge >= 0.3 is 5.97 Å². The first-order valence-corrected chi connectivity index (χ1v) is 9.75. The van der Waals surface area contributed by atoms with E-state index in [1.807, 2.05) is 24.3 Å². The zero-order valence-electron chi connectivity index (χ0n) is 16.6. The van der Waals surface area contributed by atoms with Crippen molar-refractivity contribution in [2.24, 2.45) is 5.92 Å². The maximum Gasteiger partial charge on any atom is 0.310 e. The lowest BCUT2D eigenvalue weighted by Crippen LogP contribution is -2.43. The molecule has 0 aliphatic carbocycles. The molecule has 0 unspecified atom stereocenters. The smallest absolute Gasteiger partial charge is 0.310 e. The van der Waals surface area contributed by atoms with E-state index in [0.717, 1.165) is 5.69 Å². The molecule has 1 saturated heterocycles. The standard InChI is InChI=1S/C21H27N3O4/c1-4-28-21(27)16-6-5-11-23(12-16)20(26)19-18(25)13-24(22-19)17-9-7-15(8-10-17)14(2)3/h7-10,13-14,16,25H,4-6,11-12H2,1-3H3/t16-/m1/s1. The number of esters is 1. The van der Waals surface area contributed by atoms with E-state index in [0.29, 0.717) is 31.9 Å². The van der Waals surface area contributed by atoms with E-state index in [1.165, 1.54) is 16.4 Å². The van der Waals surface area contributed by atoms with Gasteiger partial charge in [-0.3, -0.25) is 9.59 Å². The molecule has 1 aromatic carbocycles. The van der Waals surface area contributed by atoms with Gasteiger partial charge in [-0.15, -0.1) is 0 Å². The van der Waals surface area contributed by atoms with Crippen LogP contribution in [0.2, 0.25) is 0 Å². The molecule has 1 N–H and O–H groups in total. The van der Waals surface area contributed by atoms with Crippen LogP contribution in [0, 0.1) is 5.92 Å². The lowest BCUT2D eigenvalue weighted by Gasteiger charge is -2.31. The third kappa shape index (κ3) is 4.18. The Balaban J connectivity index is 1.76. The summed E-state index contributed by atoms with van der Waals surface area (Å²) < 4.78 is 6.58. The summed E-state index contributed by atoms with van der Waals surface area (Å²) in [5.74, 6) is -0.727. The Morgan fingerprint density at radius 3 is 2.64 bits per heavy atom. The Bertz CT molecular complexity index is 842. The molecule has 1 fully saturated rings. The van der Waals surface area contributed by atoms with Crippen LogP contribution in [0.15, 0.2) is 30.5 Å². The zero-order valence-corrected chi connectivity index (χ0v) is 16.6. The second kappa shape index (κ2) is 8.46. The highest BCUT2D eigenvalue weighted by atomic mass is 16.5. The normalized spacial score (nSPS) is 17.0. The number of likely N-dealkylation sites (tertiary alicyclic amines) is 1. The fourth-order valence-corrected chi connectivity index (χ4v) is 3.43. The molecule has 7 heteroatoms. The number of hydrogen-bond donors (Lipinski definition) is 1. The number of carbonyl (C=O) groups is 2. The highest BCUT2D eigenvalue weighted by Gasteiger charge is 2.32. The molecule has 7 nitrogen and oxygen atoms in total. The molecule has 3 rings (SSSR count). The quantitative estimate of drug-likeness (QED) is 0.800. The molecule has 2 heterocycles. The number of nitrogens with zero attached hydrogens (tertiary/aromatic N) is 3. The number of rotatable bonds is 5. The van der Waals surface area contributed by atoms with Crippen molar-refractivity contribution >= 4 is 11.9 Å². The Kier molecular flexibility index (Phi) is 6.02. The summed E-state index contributed by atoms with van der Waals surface area (Å²) in [4.78, 5) is 26.4. The highest BCUT2D eigenvalue weighted by molar-refractivity contribution is 5.95. The summed E-state index contributed by atoms with van der Waals surface area (Å²) in [5.41, 5.74) is 1.97. The molecule has 28 heavy (non-hydrogen) atoms. The summed E-state index contributed by atoms with van der Waals surface area (Å²) in [7, 11) is 0. The monoisotopic (exact) mass is 385 g/mol. The van der Waals surface area contributed by atoms with Crippen LogP contribution in [0.1, 0.15) is 55.6 Å². The van der Waals surface area contributed by atoms with Gasteiger partial charge in [-0.05, 0) is 43.4 Å². The molecule has 2 aromatic rings. The van der Waals surface area contributed by atoms with Crippen LogP contribution >= 0.6 is 0 Å². The van der Waals surface area contributed by atoms with Gasteiger partial charge in [0.05, 0.1) is 24.4 Å². The third-order valence-electron chi connectivity index (χ3n) is 5.05. The number of benzene rings is 1. The SMILES string of the molecule is CCOC(=O)[C@@H]1CCCN(C(=O)c2nn(-c3ccc(C(C)C)cc3)cc2O)C1. The predicted molar refractivity (Wildman–Crippen MR) is 105 cm³/mol. The Hall–Kier alpha value is -2.83. The topological polar surface area (TPSA) is 84.7 Å². The molecular formula is C21H27N3O4. The average molecular weight is 385 g/mol. The summed E-state index contributed by atoms with van der Waals surface area (Å²) in [5, 5.41) is 14.6. The minimum Gasteiger partial charge on any atom is -0.504 e. The number of aromatic hydroxyl groups is 1. The largest absolute Gasteiger partial charge is 0.504 e. The van der Waals surface area contributed by atoms with Crippen LogP contribution in [0.4, 0.5) is 0 Å². The minimum absolute atomic E-state index is 0.00237. The zero-order chi connectivity index (χ0) is 20.3. The number of carbonyl (C=O) groups excluding carboxylic acids is 2. The molecule has 0 spiro atoms. The molecule has 1 aliphatic heterocycles. The van der Waals surface area contributed by atoms with E-state index >= 15 is 0 Å². The maximum absolute atomic E-state index is 12.9. The first-order chi connectivity index (χ1) is 13.4. The fourth-order valence-electron chi connectivity index (χ4n) is 3.43. The lowest BCUT2D eigenvalue weighted by molar-refractivity contribution is -0.149. The van der Waals surface area contributed by atoms with E-state index in [1.54, 1.807) is 11.8 Å². The molecule has 1 amide bonds. The van der Waals surface area contributed by atoms with E-state index in [2.05, 4.69) is 18.9 Å². The average Bonchev–Trinajstić information content (AvgIpc) is 3.09. The van der Waals surface area contributed by atoms with E-state index in [9.17, 15) is 14.7 Å². The molecule has 0 bridgehead atoms. The third-order valence-corrected chi connectivity index (χ3v) is 5.05. The molecule has 1 aliphatic rings. The Morgan fingerprint density at radius 2 is 2.00 bits per heavy atom. The van der Waals surface area contributed by atoms with Crippen molar-refractivity contribution in [3.8, 4) is 11.4 Å². The van der Waals surface area contributed by atoms with Crippen LogP contribution in [0.25, 0.3) is 5.69 Å². The Labute approximate surface area is 164 Å². The number of hydrogen-bond acceptors (Lipinski definition) is 5. The van der Waals surface area contributed by atoms with Gasteiger partial charge in [-0.25, -0.2) is 4.68 Å². The van der Waals surface area contributed by atoms with E-state index < -0.39 is 0 Å². The van der Waals surface area contributed by atoms with E-state index in [-0.39, 0.29) is 35.8 Å². The maximum atomic E-state index is 12.9. The van der Waals surface area contributed by atoms with Crippen molar-refractivity contribution in [2.45, 2.75) is 39.5 Å². The second-order valence-corrected chi connectivity index (χ2v) is 7.40. The molecule has 1 aromatic heterocycles. The van der Waals surface area contributed by atoms with Crippen LogP contribution in [0.3, 0.4) is 0 Å². The number of aromatic nitrogens is 2. The van der Waals surface area contributed by atoms with Crippen molar-refractivity contribution in [2.75, 3.05) is 19.7 Å². The fraction of sp³-hybridized carbons (Fsp3) is 0.476. The molecular weight excluding hydrogens is 358 g/mol. The molecule has 1 atom stereocenters. The summed E-state index contributed by atoms with van der Waals surface area (Å²) >= 11 is 0. The minimum atomic E-state index is -0.371. The van der Waals surface area contributed by atoms with Gasteiger partial charge in [-0.2, -0.15) is 5.10 Å². The van der Waals surface area contributed by atoms with Crippen molar-refractivity contribution in [3.05, 3.63) is 41.7 Å². The van der Waals surface area contributed by atoms with Gasteiger partial charge in [0.15, 0.2) is 11.4 Å². The van der Waals surface area contributed by atoms with Crippen molar-refractivity contribution in [3.63, 3.8) is 0 Å². The van der Waals surface area contributed by atoms with Gasteiger partial charge in [0.25, 0.3) is 5.91 Å². The van der Waals surface area contributed by atoms with Crippen molar-refractivity contribution in [1.29, 1.82) is 0 Å². The highest BCUT2D eigenvalue weighted by Crippen LogP contribution is 2.24. The second-order valence-electron chi connectivity index (χ2n) is 7.40. The molecule has 0 saturated carbocycles. The first kappa shape index (κ1) is 19.9. The van der Waals surface area contributed by atoms with Crippen LogP contribution < -0.4 is 0 Å². The van der Waals surface area contributed by atoms with Gasteiger partial charge in [0.2, 0.25) is 0 Å². The lowest BCUT2D eigenvalue weighted by atomic mass is 9.98. The van der Waals surface area contributed by atoms with Crippen LogP contribution in [0.5, 0.6) is 5.75 Å². The predicted octanol–water partition coefficient (Wildman–Crippen LogP) is 3.12. The van der Waals surface area contributed by atoms with Crippen molar-refractivity contribution < 1.29 is 19.4 Å². The summed E-state index contributed by atoms with van der Waals surface area (Å²) in [6, 6.07) is 7.84. The van der Waals surface area contributed by atoms with Gasteiger partial charge < -0.3 is 14.7 Å². The van der Waals surface area contributed by atoms with Gasteiger partial charge in [-0.1, -0.05) is 26.0 Å². The summed E-state index contributed by atoms with van der Waals surface area (Å²) in [6.07, 6.45) is 2.85. The van der Waals surface area contributed by atoms with Crippen LogP contribution in [-0.4, -0.2) is 51.4 Å². The Morgan fingerprint density at radius 1 is 1.29 bits per heavy atom. The number of amides is 1. The van der Waals surface area contributed by atoms with Crippen LogP contribution in [-0.2, 0) is 9.53 Å². The first-order valence-electron chi connectivity index (χ1n) is 9.75. The van der Waals surface area contributed by atoms with Gasteiger partial charge in [0.1, 0.15) is 0 Å². The van der Waals surface area contributed by atoms with Gasteiger partial charge in [0, 0.05) is 13.1 Å². The molecule has 0 radical (unpaired) electrons. The number of ether oxygens (including phenoxy) is 1. The molecule has 150 valence electrons. The van der Waals surface area contributed by atoms with E-state index in [4.69, 9.17) is 4.74 Å². The number of piperidine rings is 1.